The predicted octanol–water partition coefficient (Wildman–Crippen LogP) is 6.36. The molecule has 1 nitrogen and oxygen atoms in total. The zero-order chi connectivity index (χ0) is 19.4. The molecule has 4 fully saturated rings. The predicted molar refractivity (Wildman–Crippen MR) is 112 cm³/mol. The lowest BCUT2D eigenvalue weighted by molar-refractivity contribution is -0.117. The number of hydrogen-bond acceptors (Lipinski definition) is 1. The van der Waals surface area contributed by atoms with Gasteiger partial charge in [-0.1, -0.05) is 39.7 Å². The van der Waals surface area contributed by atoms with Crippen LogP contribution in [0, 0.1) is 58.2 Å². The highest BCUT2D eigenvalue weighted by atomic mass is 16.1. The number of carbonyl (C=O) groups is 1. The number of ketones is 1. The van der Waals surface area contributed by atoms with Crippen LogP contribution < -0.4 is 0 Å². The molecular formula is C27H36O. The summed E-state index contributed by atoms with van der Waals surface area (Å²) in [6.45, 7) is 10.1. The quantitative estimate of drug-likeness (QED) is 0.524. The zero-order valence-corrected chi connectivity index (χ0v) is 18.1. The van der Waals surface area contributed by atoms with Gasteiger partial charge in [0.25, 0.3) is 0 Å². The Hall–Kier alpha value is -1.07. The summed E-state index contributed by atoms with van der Waals surface area (Å²) in [4.78, 5) is 12.1. The van der Waals surface area contributed by atoms with E-state index in [0.717, 1.165) is 60.2 Å². The average molecular weight is 377 g/mol. The molecule has 0 aliphatic heterocycles. The van der Waals surface area contributed by atoms with Gasteiger partial charge in [0.05, 0.1) is 0 Å². The van der Waals surface area contributed by atoms with Crippen LogP contribution in [0.15, 0.2) is 29.0 Å². The molecule has 6 aliphatic rings. The fourth-order valence-electron chi connectivity index (χ4n) is 10.1. The summed E-state index contributed by atoms with van der Waals surface area (Å²) in [6.07, 6.45) is 13.0. The van der Waals surface area contributed by atoms with Crippen LogP contribution in [-0.4, -0.2) is 5.78 Å². The van der Waals surface area contributed by atoms with Gasteiger partial charge in [0.15, 0.2) is 5.78 Å². The molecule has 28 heavy (non-hydrogen) atoms. The van der Waals surface area contributed by atoms with Gasteiger partial charge in [0, 0.05) is 17.4 Å². The molecule has 5 unspecified atom stereocenters. The summed E-state index contributed by atoms with van der Waals surface area (Å²) in [6, 6.07) is 0. The van der Waals surface area contributed by atoms with Gasteiger partial charge in [-0.3, -0.25) is 4.79 Å². The molecule has 0 amide bonds. The van der Waals surface area contributed by atoms with E-state index in [1.165, 1.54) is 32.1 Å². The molecule has 0 heterocycles. The molecule has 0 aromatic heterocycles. The second-order valence-corrected chi connectivity index (χ2v) is 11.4. The third-order valence-electron chi connectivity index (χ3n) is 11.0. The summed E-state index contributed by atoms with van der Waals surface area (Å²) in [5, 5.41) is 0. The van der Waals surface area contributed by atoms with Crippen molar-refractivity contribution in [1.29, 1.82) is 0 Å². The highest BCUT2D eigenvalue weighted by molar-refractivity contribution is 5.91. The summed E-state index contributed by atoms with van der Waals surface area (Å²) < 4.78 is 0. The van der Waals surface area contributed by atoms with Gasteiger partial charge < -0.3 is 0 Å². The largest absolute Gasteiger partial charge is 0.295 e. The first kappa shape index (κ1) is 17.8. The molecule has 6 rings (SSSR count). The maximum absolute atomic E-state index is 12.1. The van der Waals surface area contributed by atoms with Crippen LogP contribution in [-0.2, 0) is 4.79 Å². The van der Waals surface area contributed by atoms with Crippen LogP contribution >= 0.6 is 0 Å². The third-order valence-corrected chi connectivity index (χ3v) is 11.0. The lowest BCUT2D eigenvalue weighted by atomic mass is 9.43. The van der Waals surface area contributed by atoms with Gasteiger partial charge in [-0.05, 0) is 97.0 Å². The molecule has 0 radical (unpaired) electrons. The topological polar surface area (TPSA) is 17.1 Å². The molecule has 0 aromatic carbocycles. The van der Waals surface area contributed by atoms with Gasteiger partial charge in [-0.15, -0.1) is 5.73 Å². The summed E-state index contributed by atoms with van der Waals surface area (Å²) >= 11 is 0. The number of fused-ring (bicyclic) bond motifs is 7. The molecule has 0 N–H and O–H groups in total. The van der Waals surface area contributed by atoms with Crippen molar-refractivity contribution < 1.29 is 4.79 Å². The van der Waals surface area contributed by atoms with Crippen molar-refractivity contribution in [2.24, 2.45) is 58.2 Å². The minimum Gasteiger partial charge on any atom is -0.295 e. The Kier molecular flexibility index (Phi) is 3.51. The maximum atomic E-state index is 12.1. The summed E-state index contributed by atoms with van der Waals surface area (Å²) in [5.41, 5.74) is 7.63. The van der Waals surface area contributed by atoms with E-state index in [-0.39, 0.29) is 0 Å². The van der Waals surface area contributed by atoms with Crippen molar-refractivity contribution in [3.8, 4) is 0 Å². The third kappa shape index (κ3) is 1.89. The lowest BCUT2D eigenvalue weighted by Crippen LogP contribution is -2.54. The van der Waals surface area contributed by atoms with Crippen molar-refractivity contribution in [3.63, 3.8) is 0 Å². The maximum Gasteiger partial charge on any atom is 0.155 e. The van der Waals surface area contributed by atoms with Crippen molar-refractivity contribution >= 4 is 5.78 Å². The summed E-state index contributed by atoms with van der Waals surface area (Å²) in [5.74, 6) is 7.32. The molecular weight excluding hydrogens is 340 g/mol. The lowest BCUT2D eigenvalue weighted by Gasteiger charge is -2.60. The number of carbonyl (C=O) groups excluding carboxylic acids is 1. The van der Waals surface area contributed by atoms with Gasteiger partial charge >= 0.3 is 0 Å². The molecule has 1 heteroatoms. The van der Waals surface area contributed by atoms with Crippen LogP contribution in [0.25, 0.3) is 0 Å². The van der Waals surface area contributed by atoms with Crippen LogP contribution in [0.4, 0.5) is 0 Å². The van der Waals surface area contributed by atoms with Gasteiger partial charge in [0.2, 0.25) is 0 Å². The van der Waals surface area contributed by atoms with Gasteiger partial charge in [0.1, 0.15) is 0 Å². The number of allylic oxidation sites excluding steroid dienone is 2. The van der Waals surface area contributed by atoms with Crippen LogP contribution in [0.1, 0.15) is 72.6 Å². The standard InChI is InChI=1S/C27H36O/c1-5-16-13-17-14-19(28)9-10-20(17)21-11-12-26(4)25(23(16)21)22-15(3)24(22)27(26,6-2)18-7-8-18/h7,14-16,20-25H,5-6,9-13H2,1-4H3/t15-,16-,20?,21?,22+,23?,24-,25-,26?,27?/m0/s1. The van der Waals surface area contributed by atoms with E-state index in [9.17, 15) is 4.79 Å². The molecule has 10 atom stereocenters. The fourth-order valence-corrected chi connectivity index (χ4v) is 10.1. The molecule has 0 bridgehead atoms. The van der Waals surface area contributed by atoms with Gasteiger partial charge in [-0.2, -0.15) is 0 Å². The van der Waals surface area contributed by atoms with E-state index in [2.05, 4.69) is 45.6 Å². The van der Waals surface area contributed by atoms with Crippen LogP contribution in [0.5, 0.6) is 0 Å². The zero-order valence-electron chi connectivity index (χ0n) is 18.1. The minimum atomic E-state index is 0.397. The first-order valence-electron chi connectivity index (χ1n) is 12.2. The Balaban J connectivity index is 1.45. The number of hydrogen-bond donors (Lipinski definition) is 0. The van der Waals surface area contributed by atoms with E-state index in [4.69, 9.17) is 0 Å². The molecule has 4 saturated carbocycles. The Morgan fingerprint density at radius 2 is 1.96 bits per heavy atom. The molecule has 0 spiro atoms. The van der Waals surface area contributed by atoms with Crippen molar-refractivity contribution in [3.05, 3.63) is 29.0 Å². The van der Waals surface area contributed by atoms with E-state index >= 15 is 0 Å². The smallest absolute Gasteiger partial charge is 0.155 e. The first-order chi connectivity index (χ1) is 13.5. The Labute approximate surface area is 170 Å². The minimum absolute atomic E-state index is 0.397. The van der Waals surface area contributed by atoms with E-state index in [1.54, 1.807) is 11.1 Å². The highest BCUT2D eigenvalue weighted by Crippen LogP contribution is 2.84. The molecule has 0 aromatic rings. The van der Waals surface area contributed by atoms with Crippen LogP contribution in [0.3, 0.4) is 0 Å². The fraction of sp³-hybridized carbons (Fsp3) is 0.778. The second-order valence-electron chi connectivity index (χ2n) is 11.4. The number of rotatable bonds is 3. The van der Waals surface area contributed by atoms with Crippen molar-refractivity contribution in [2.45, 2.75) is 72.6 Å². The molecule has 150 valence electrons. The first-order valence-corrected chi connectivity index (χ1v) is 12.2. The van der Waals surface area contributed by atoms with E-state index < -0.39 is 0 Å². The summed E-state index contributed by atoms with van der Waals surface area (Å²) in [7, 11) is 0. The van der Waals surface area contributed by atoms with E-state index in [1.807, 2.05) is 0 Å². The second kappa shape index (κ2) is 5.54. The molecule has 0 saturated heterocycles. The Morgan fingerprint density at radius 3 is 2.64 bits per heavy atom. The normalized spacial score (nSPS) is 55.5. The molecule has 6 aliphatic carbocycles. The van der Waals surface area contributed by atoms with Crippen molar-refractivity contribution in [1.82, 2.24) is 0 Å². The average Bonchev–Trinajstić information content (AvgIpc) is 3.60. The van der Waals surface area contributed by atoms with Crippen molar-refractivity contribution in [2.75, 3.05) is 0 Å². The SMILES string of the molecule is CC[C@H]1CC2=CC(=O)CCC2C2CCC3(C)[C@H](C21)[C@@H]1[C@H](C)[C@@H]1C3(CC)C1=C=C1. The monoisotopic (exact) mass is 376 g/mol. The van der Waals surface area contributed by atoms with E-state index in [0.29, 0.717) is 16.6 Å². The van der Waals surface area contributed by atoms with Crippen LogP contribution in [0.2, 0.25) is 0 Å². The Morgan fingerprint density at radius 1 is 1.18 bits per heavy atom. The Bertz CT molecular complexity index is 840. The van der Waals surface area contributed by atoms with Gasteiger partial charge in [-0.25, -0.2) is 0 Å². The highest BCUT2D eigenvalue weighted by Gasteiger charge is 2.79.